The van der Waals surface area contributed by atoms with Crippen LogP contribution < -0.4 is 5.32 Å². The van der Waals surface area contributed by atoms with Gasteiger partial charge in [-0.15, -0.1) is 0 Å². The maximum Gasteiger partial charge on any atom is 0.0762 e. The van der Waals surface area contributed by atoms with E-state index in [-0.39, 0.29) is 0 Å². The molecule has 0 saturated carbocycles. The molecule has 0 radical (unpaired) electrons. The van der Waals surface area contributed by atoms with E-state index >= 15 is 0 Å². The van der Waals surface area contributed by atoms with Gasteiger partial charge < -0.3 is 5.32 Å². The summed E-state index contributed by atoms with van der Waals surface area (Å²) in [4.78, 5) is 0. The number of nitrogens with zero attached hydrogens (tertiary/aromatic N) is 2. The molecule has 1 aliphatic heterocycles. The van der Waals surface area contributed by atoms with Crippen molar-refractivity contribution in [3.05, 3.63) is 18.0 Å². The second-order valence-corrected chi connectivity index (χ2v) is 6.38. The number of hydrogen-bond donors (Lipinski definition) is 1. The van der Waals surface area contributed by atoms with E-state index in [4.69, 9.17) is 0 Å². The summed E-state index contributed by atoms with van der Waals surface area (Å²) in [6.45, 7) is 5.61. The smallest absolute Gasteiger partial charge is 0.0762 e. The first-order valence-electron chi connectivity index (χ1n) is 5.87. The highest BCUT2D eigenvalue weighted by Crippen LogP contribution is 2.34. The van der Waals surface area contributed by atoms with Crippen LogP contribution in [0.3, 0.4) is 0 Å². The molecule has 1 unspecified atom stereocenters. The topological polar surface area (TPSA) is 29.9 Å². The van der Waals surface area contributed by atoms with Crippen LogP contribution in [0.25, 0.3) is 0 Å². The van der Waals surface area contributed by atoms with Gasteiger partial charge in [0.15, 0.2) is 0 Å². The second-order valence-electron chi connectivity index (χ2n) is 5.23. The summed E-state index contributed by atoms with van der Waals surface area (Å²) < 4.78 is 1.86. The molecule has 90 valence electrons. The van der Waals surface area contributed by atoms with Gasteiger partial charge in [0.1, 0.15) is 0 Å². The van der Waals surface area contributed by atoms with Crippen LogP contribution in [-0.2, 0) is 13.6 Å². The van der Waals surface area contributed by atoms with E-state index in [0.717, 1.165) is 12.2 Å². The lowest BCUT2D eigenvalue weighted by molar-refractivity contribution is 0.244. The zero-order valence-electron chi connectivity index (χ0n) is 10.4. The largest absolute Gasteiger partial charge is 0.307 e. The Bertz CT molecular complexity index is 346. The lowest BCUT2D eigenvalue weighted by Crippen LogP contribution is -2.46. The van der Waals surface area contributed by atoms with Crippen molar-refractivity contribution in [3.63, 3.8) is 0 Å². The van der Waals surface area contributed by atoms with E-state index in [0.29, 0.717) is 11.5 Å². The quantitative estimate of drug-likeness (QED) is 0.875. The zero-order valence-corrected chi connectivity index (χ0v) is 11.2. The van der Waals surface area contributed by atoms with Crippen molar-refractivity contribution in [2.75, 3.05) is 11.5 Å². The Hall–Kier alpha value is -0.480. The van der Waals surface area contributed by atoms with Gasteiger partial charge in [-0.2, -0.15) is 16.9 Å². The summed E-state index contributed by atoms with van der Waals surface area (Å²) in [6.07, 6.45) is 3.30. The lowest BCUT2D eigenvalue weighted by atomic mass is 9.82. The van der Waals surface area contributed by atoms with E-state index in [1.165, 1.54) is 17.9 Å². The van der Waals surface area contributed by atoms with Gasteiger partial charge in [-0.1, -0.05) is 13.8 Å². The first-order chi connectivity index (χ1) is 7.58. The third-order valence-corrected chi connectivity index (χ3v) is 4.48. The minimum Gasteiger partial charge on any atom is -0.307 e. The molecule has 1 saturated heterocycles. The molecule has 0 bridgehead atoms. The molecule has 2 rings (SSSR count). The van der Waals surface area contributed by atoms with Gasteiger partial charge in [-0.05, 0) is 23.7 Å². The standard InChI is InChI=1S/C12H21N3S/c1-12(2)5-7-16-9-11(12)13-8-10-4-6-15(3)14-10/h4,6,11,13H,5,7-9H2,1-3H3. The second kappa shape index (κ2) is 4.80. The summed E-state index contributed by atoms with van der Waals surface area (Å²) in [5, 5.41) is 8.04. The van der Waals surface area contributed by atoms with Crippen molar-refractivity contribution in [2.45, 2.75) is 32.9 Å². The third kappa shape index (κ3) is 2.80. The minimum absolute atomic E-state index is 0.417. The number of thioether (sulfide) groups is 1. The Labute approximate surface area is 102 Å². The monoisotopic (exact) mass is 239 g/mol. The normalized spacial score (nSPS) is 24.6. The van der Waals surface area contributed by atoms with Crippen molar-refractivity contribution in [3.8, 4) is 0 Å². The summed E-state index contributed by atoms with van der Waals surface area (Å²) in [5.41, 5.74) is 1.55. The van der Waals surface area contributed by atoms with Gasteiger partial charge in [0.25, 0.3) is 0 Å². The molecule has 1 aliphatic rings. The number of aromatic nitrogens is 2. The van der Waals surface area contributed by atoms with Crippen LogP contribution in [0.15, 0.2) is 12.3 Å². The zero-order chi connectivity index (χ0) is 11.6. The van der Waals surface area contributed by atoms with E-state index < -0.39 is 0 Å². The van der Waals surface area contributed by atoms with Crippen molar-refractivity contribution >= 4 is 11.8 Å². The first-order valence-corrected chi connectivity index (χ1v) is 7.03. The van der Waals surface area contributed by atoms with Gasteiger partial charge >= 0.3 is 0 Å². The first kappa shape index (κ1) is 12.0. The predicted molar refractivity (Wildman–Crippen MR) is 69.6 cm³/mol. The number of aryl methyl sites for hydroxylation is 1. The Balaban J connectivity index is 1.89. The average molecular weight is 239 g/mol. The van der Waals surface area contributed by atoms with Gasteiger partial charge in [0.05, 0.1) is 5.69 Å². The van der Waals surface area contributed by atoms with E-state index in [1.807, 2.05) is 17.9 Å². The predicted octanol–water partition coefficient (Wildman–Crippen LogP) is 2.04. The molecule has 2 heterocycles. The number of nitrogens with one attached hydrogen (secondary N) is 1. The molecule has 1 aromatic rings. The van der Waals surface area contributed by atoms with Crippen LogP contribution in [-0.4, -0.2) is 27.3 Å². The van der Waals surface area contributed by atoms with E-state index in [1.54, 1.807) is 0 Å². The maximum atomic E-state index is 4.39. The summed E-state index contributed by atoms with van der Waals surface area (Å²) in [5.74, 6) is 2.52. The molecule has 1 atom stereocenters. The molecule has 0 amide bonds. The van der Waals surface area contributed by atoms with Crippen molar-refractivity contribution in [1.29, 1.82) is 0 Å². The SMILES string of the molecule is Cn1ccc(CNC2CSCCC2(C)C)n1. The Morgan fingerprint density at radius 1 is 1.62 bits per heavy atom. The fraction of sp³-hybridized carbons (Fsp3) is 0.750. The molecular weight excluding hydrogens is 218 g/mol. The van der Waals surface area contributed by atoms with Crippen molar-refractivity contribution < 1.29 is 0 Å². The third-order valence-electron chi connectivity index (χ3n) is 3.42. The van der Waals surface area contributed by atoms with Crippen LogP contribution in [0.4, 0.5) is 0 Å². The van der Waals surface area contributed by atoms with Crippen LogP contribution in [0.2, 0.25) is 0 Å². The maximum absolute atomic E-state index is 4.39. The average Bonchev–Trinajstić information content (AvgIpc) is 2.62. The number of rotatable bonds is 3. The highest BCUT2D eigenvalue weighted by atomic mass is 32.2. The number of hydrogen-bond acceptors (Lipinski definition) is 3. The van der Waals surface area contributed by atoms with Gasteiger partial charge in [-0.25, -0.2) is 0 Å². The summed E-state index contributed by atoms with van der Waals surface area (Å²) >= 11 is 2.06. The minimum atomic E-state index is 0.417. The fourth-order valence-electron chi connectivity index (χ4n) is 2.06. The Kier molecular flexibility index (Phi) is 3.60. The molecule has 3 nitrogen and oxygen atoms in total. The molecule has 1 N–H and O–H groups in total. The van der Waals surface area contributed by atoms with Crippen molar-refractivity contribution in [2.24, 2.45) is 12.5 Å². The molecule has 1 fully saturated rings. The highest BCUT2D eigenvalue weighted by Gasteiger charge is 2.32. The van der Waals surface area contributed by atoms with E-state index in [9.17, 15) is 0 Å². The summed E-state index contributed by atoms with van der Waals surface area (Å²) in [6, 6.07) is 2.68. The van der Waals surface area contributed by atoms with Crippen LogP contribution in [0, 0.1) is 5.41 Å². The molecule has 1 aromatic heterocycles. The molecule has 4 heteroatoms. The van der Waals surface area contributed by atoms with Crippen molar-refractivity contribution in [1.82, 2.24) is 15.1 Å². The molecular formula is C12H21N3S. The summed E-state index contributed by atoms with van der Waals surface area (Å²) in [7, 11) is 1.96. The molecule has 0 aromatic carbocycles. The Morgan fingerprint density at radius 2 is 2.44 bits per heavy atom. The van der Waals surface area contributed by atoms with Gasteiger partial charge in [-0.3, -0.25) is 4.68 Å². The molecule has 0 aliphatic carbocycles. The lowest BCUT2D eigenvalue weighted by Gasteiger charge is -2.38. The van der Waals surface area contributed by atoms with Crippen LogP contribution in [0.5, 0.6) is 0 Å². The van der Waals surface area contributed by atoms with Gasteiger partial charge in [0.2, 0.25) is 0 Å². The highest BCUT2D eigenvalue weighted by molar-refractivity contribution is 7.99. The van der Waals surface area contributed by atoms with E-state index in [2.05, 4.69) is 42.1 Å². The van der Waals surface area contributed by atoms with Crippen LogP contribution in [0.1, 0.15) is 26.0 Å². The molecule has 0 spiro atoms. The van der Waals surface area contributed by atoms with Gasteiger partial charge in [0, 0.05) is 31.6 Å². The Morgan fingerprint density at radius 3 is 3.06 bits per heavy atom. The van der Waals surface area contributed by atoms with Crippen LogP contribution >= 0.6 is 11.8 Å². The molecule has 16 heavy (non-hydrogen) atoms. The fourth-order valence-corrected chi connectivity index (χ4v) is 3.70.